The molecule has 21 heavy (non-hydrogen) atoms. The second kappa shape index (κ2) is 6.90. The van der Waals surface area contributed by atoms with Gasteiger partial charge >= 0.3 is 0 Å². The first-order chi connectivity index (χ1) is 10.0. The van der Waals surface area contributed by atoms with Crippen LogP contribution < -0.4 is 5.32 Å². The molecular weight excluding hydrogens is 284 g/mol. The highest BCUT2D eigenvalue weighted by atomic mass is 32.2. The zero-order valence-corrected chi connectivity index (χ0v) is 14.0. The van der Waals surface area contributed by atoms with Crippen LogP contribution in [0.25, 0.3) is 0 Å². The number of nitrogens with zero attached hydrogens (tertiary/aromatic N) is 1. The molecule has 1 N–H and O–H groups in total. The summed E-state index contributed by atoms with van der Waals surface area (Å²) in [4.78, 5) is 0.463. The molecule has 0 saturated carbocycles. The molecule has 0 unspecified atom stereocenters. The van der Waals surface area contributed by atoms with Gasteiger partial charge in [0, 0.05) is 19.6 Å². The fourth-order valence-electron chi connectivity index (χ4n) is 3.02. The minimum atomic E-state index is -3.36. The second-order valence-electron chi connectivity index (χ2n) is 5.83. The van der Waals surface area contributed by atoms with E-state index in [1.807, 2.05) is 26.1 Å². The van der Waals surface area contributed by atoms with Gasteiger partial charge in [-0.1, -0.05) is 25.5 Å². The van der Waals surface area contributed by atoms with Crippen LogP contribution in [0.15, 0.2) is 23.1 Å². The summed E-state index contributed by atoms with van der Waals surface area (Å²) >= 11 is 0. The Labute approximate surface area is 128 Å². The summed E-state index contributed by atoms with van der Waals surface area (Å²) in [5.41, 5.74) is 1.91. The fraction of sp³-hybridized carbons (Fsp3) is 0.625. The minimum Gasteiger partial charge on any atom is -0.316 e. The maximum absolute atomic E-state index is 12.9. The SMILES string of the molecule is CCC1CCN(S(=O)(=O)c2cccc(CNC)c2C)CC1. The first kappa shape index (κ1) is 16.5. The van der Waals surface area contributed by atoms with E-state index >= 15 is 0 Å². The van der Waals surface area contributed by atoms with E-state index in [1.165, 1.54) is 0 Å². The van der Waals surface area contributed by atoms with Crippen molar-refractivity contribution in [1.82, 2.24) is 9.62 Å². The normalized spacial score (nSPS) is 18.0. The van der Waals surface area contributed by atoms with Gasteiger partial charge in [-0.15, -0.1) is 0 Å². The zero-order chi connectivity index (χ0) is 15.5. The maximum Gasteiger partial charge on any atom is 0.243 e. The molecule has 0 aliphatic carbocycles. The van der Waals surface area contributed by atoms with Gasteiger partial charge in [0.15, 0.2) is 0 Å². The van der Waals surface area contributed by atoms with E-state index in [2.05, 4.69) is 12.2 Å². The highest BCUT2D eigenvalue weighted by Gasteiger charge is 2.30. The van der Waals surface area contributed by atoms with Gasteiger partial charge in [-0.2, -0.15) is 4.31 Å². The van der Waals surface area contributed by atoms with E-state index in [4.69, 9.17) is 0 Å². The molecule has 0 bridgehead atoms. The third-order valence-electron chi connectivity index (χ3n) is 4.53. The lowest BCUT2D eigenvalue weighted by atomic mass is 9.96. The summed E-state index contributed by atoms with van der Waals surface area (Å²) in [5.74, 6) is 0.674. The molecule has 118 valence electrons. The first-order valence-electron chi connectivity index (χ1n) is 7.74. The molecule has 1 fully saturated rings. The van der Waals surface area contributed by atoms with Gasteiger partial charge in [0.2, 0.25) is 10.0 Å². The van der Waals surface area contributed by atoms with E-state index in [1.54, 1.807) is 10.4 Å². The molecule has 1 aromatic carbocycles. The van der Waals surface area contributed by atoms with Gasteiger partial charge < -0.3 is 5.32 Å². The van der Waals surface area contributed by atoms with Crippen LogP contribution in [-0.2, 0) is 16.6 Å². The average Bonchev–Trinajstić information content (AvgIpc) is 2.49. The Balaban J connectivity index is 2.26. The molecule has 1 saturated heterocycles. The first-order valence-corrected chi connectivity index (χ1v) is 9.18. The average molecular weight is 310 g/mol. The van der Waals surface area contributed by atoms with Crippen LogP contribution in [-0.4, -0.2) is 32.9 Å². The van der Waals surface area contributed by atoms with Crippen LogP contribution >= 0.6 is 0 Å². The summed E-state index contributed by atoms with van der Waals surface area (Å²) in [7, 11) is -1.49. The number of hydrogen-bond acceptors (Lipinski definition) is 3. The lowest BCUT2D eigenvalue weighted by Crippen LogP contribution is -2.38. The summed E-state index contributed by atoms with van der Waals surface area (Å²) < 4.78 is 27.4. The van der Waals surface area contributed by atoms with Crippen LogP contribution in [0.3, 0.4) is 0 Å². The van der Waals surface area contributed by atoms with E-state index in [9.17, 15) is 8.42 Å². The molecule has 4 nitrogen and oxygen atoms in total. The molecule has 0 radical (unpaired) electrons. The molecule has 2 rings (SSSR count). The number of hydrogen-bond donors (Lipinski definition) is 1. The Bertz CT molecular complexity index is 576. The minimum absolute atomic E-state index is 0.463. The molecule has 0 amide bonds. The van der Waals surface area contributed by atoms with E-state index in [0.717, 1.165) is 30.4 Å². The molecule has 0 atom stereocenters. The lowest BCUT2D eigenvalue weighted by molar-refractivity contribution is 0.269. The van der Waals surface area contributed by atoms with Crippen LogP contribution in [0.5, 0.6) is 0 Å². The van der Waals surface area contributed by atoms with Crippen LogP contribution in [0.4, 0.5) is 0 Å². The predicted octanol–water partition coefficient (Wildman–Crippen LogP) is 2.53. The van der Waals surface area contributed by atoms with E-state index < -0.39 is 10.0 Å². The van der Waals surface area contributed by atoms with Gasteiger partial charge in [-0.05, 0) is 49.9 Å². The molecular formula is C16H26N2O2S. The fourth-order valence-corrected chi connectivity index (χ4v) is 4.76. The van der Waals surface area contributed by atoms with Gasteiger partial charge in [-0.25, -0.2) is 8.42 Å². The van der Waals surface area contributed by atoms with Crippen molar-refractivity contribution in [2.24, 2.45) is 5.92 Å². The third-order valence-corrected chi connectivity index (χ3v) is 6.58. The highest BCUT2D eigenvalue weighted by Crippen LogP contribution is 2.27. The lowest BCUT2D eigenvalue weighted by Gasteiger charge is -2.31. The summed E-state index contributed by atoms with van der Waals surface area (Å²) in [5, 5.41) is 3.09. The van der Waals surface area contributed by atoms with Crippen molar-refractivity contribution in [3.8, 4) is 0 Å². The number of rotatable bonds is 5. The van der Waals surface area contributed by atoms with Crippen molar-refractivity contribution >= 4 is 10.0 Å². The van der Waals surface area contributed by atoms with Crippen molar-refractivity contribution < 1.29 is 8.42 Å². The highest BCUT2D eigenvalue weighted by molar-refractivity contribution is 7.89. The number of sulfonamides is 1. The van der Waals surface area contributed by atoms with E-state index in [0.29, 0.717) is 30.4 Å². The molecule has 1 aliphatic rings. The van der Waals surface area contributed by atoms with Crippen molar-refractivity contribution in [1.29, 1.82) is 0 Å². The van der Waals surface area contributed by atoms with Gasteiger partial charge in [0.05, 0.1) is 4.90 Å². The Hall–Kier alpha value is -0.910. The number of piperidine rings is 1. The topological polar surface area (TPSA) is 49.4 Å². The Morgan fingerprint density at radius 2 is 1.95 bits per heavy atom. The van der Waals surface area contributed by atoms with Crippen molar-refractivity contribution in [2.45, 2.75) is 44.6 Å². The summed E-state index contributed by atoms with van der Waals surface area (Å²) in [6, 6.07) is 5.55. The smallest absolute Gasteiger partial charge is 0.243 e. The van der Waals surface area contributed by atoms with E-state index in [-0.39, 0.29) is 0 Å². The standard InChI is InChI=1S/C16H26N2O2S/c1-4-14-8-10-18(11-9-14)21(19,20)16-7-5-6-15(12-17-3)13(16)2/h5-7,14,17H,4,8-12H2,1-3H3. The van der Waals surface area contributed by atoms with Crippen LogP contribution in [0.1, 0.15) is 37.3 Å². The van der Waals surface area contributed by atoms with Gasteiger partial charge in [-0.3, -0.25) is 0 Å². The zero-order valence-electron chi connectivity index (χ0n) is 13.2. The molecule has 5 heteroatoms. The number of nitrogens with one attached hydrogen (secondary N) is 1. The largest absolute Gasteiger partial charge is 0.316 e. The molecule has 0 aromatic heterocycles. The summed E-state index contributed by atoms with van der Waals surface area (Å²) in [6.07, 6.45) is 3.10. The predicted molar refractivity (Wildman–Crippen MR) is 85.7 cm³/mol. The monoisotopic (exact) mass is 310 g/mol. The molecule has 0 spiro atoms. The van der Waals surface area contributed by atoms with Crippen LogP contribution in [0, 0.1) is 12.8 Å². The number of benzene rings is 1. The molecule has 1 aromatic rings. The Morgan fingerprint density at radius 1 is 1.29 bits per heavy atom. The molecule has 1 heterocycles. The van der Waals surface area contributed by atoms with Gasteiger partial charge in [0.1, 0.15) is 0 Å². The Morgan fingerprint density at radius 3 is 2.52 bits per heavy atom. The van der Waals surface area contributed by atoms with Gasteiger partial charge in [0.25, 0.3) is 0 Å². The van der Waals surface area contributed by atoms with Crippen molar-refractivity contribution in [2.75, 3.05) is 20.1 Å². The maximum atomic E-state index is 12.9. The summed E-state index contributed by atoms with van der Waals surface area (Å²) in [6.45, 7) is 6.07. The quantitative estimate of drug-likeness (QED) is 0.909. The second-order valence-corrected chi connectivity index (χ2v) is 7.73. The Kier molecular flexibility index (Phi) is 5.41. The van der Waals surface area contributed by atoms with Crippen molar-refractivity contribution in [3.05, 3.63) is 29.3 Å². The molecule has 1 aliphatic heterocycles. The third kappa shape index (κ3) is 3.47. The van der Waals surface area contributed by atoms with Crippen molar-refractivity contribution in [3.63, 3.8) is 0 Å². The van der Waals surface area contributed by atoms with Crippen LogP contribution in [0.2, 0.25) is 0 Å².